The second kappa shape index (κ2) is 7.48. The highest BCUT2D eigenvalue weighted by atomic mass is 16.6. The molecule has 1 saturated carbocycles. The molecule has 0 amide bonds. The van der Waals surface area contributed by atoms with Crippen molar-refractivity contribution < 1.29 is 34.1 Å². The number of fused-ring (bicyclic) bond motifs is 1. The fourth-order valence-corrected chi connectivity index (χ4v) is 3.56. The minimum Gasteiger partial charge on any atom is -0.455 e. The van der Waals surface area contributed by atoms with Gasteiger partial charge in [0, 0.05) is 11.5 Å². The first kappa shape index (κ1) is 20.6. The van der Waals surface area contributed by atoms with E-state index in [0.29, 0.717) is 12.8 Å². The van der Waals surface area contributed by atoms with Crippen molar-refractivity contribution in [1.82, 2.24) is 0 Å². The molecule has 146 valence electrons. The minimum atomic E-state index is -1.51. The van der Waals surface area contributed by atoms with Gasteiger partial charge in [-0.3, -0.25) is 9.59 Å². The minimum absolute atomic E-state index is 0.0509. The SMILES string of the molecule is C=C1C(=O)O[C@@H]2[C@@H]1[C@H](O)C(=O)[C@@H](C)CCC[C@@](C)(O)[C@H]2OC(=O)C(C)C. The van der Waals surface area contributed by atoms with Gasteiger partial charge in [-0.15, -0.1) is 0 Å². The fourth-order valence-electron chi connectivity index (χ4n) is 3.56. The normalized spacial score (nSPS) is 38.7. The molecule has 0 unspecified atom stereocenters. The van der Waals surface area contributed by atoms with Crippen molar-refractivity contribution >= 4 is 17.7 Å². The summed E-state index contributed by atoms with van der Waals surface area (Å²) in [7, 11) is 0. The number of hydrogen-bond donors (Lipinski definition) is 2. The second-order valence-electron chi connectivity index (χ2n) is 7.93. The van der Waals surface area contributed by atoms with E-state index in [1.165, 1.54) is 6.92 Å². The van der Waals surface area contributed by atoms with Crippen LogP contribution in [0.3, 0.4) is 0 Å². The Morgan fingerprint density at radius 3 is 2.58 bits per heavy atom. The van der Waals surface area contributed by atoms with Crippen LogP contribution in [0.25, 0.3) is 0 Å². The molecule has 1 saturated heterocycles. The molecular formula is C19H28O7. The highest BCUT2D eigenvalue weighted by molar-refractivity contribution is 5.94. The molecule has 1 heterocycles. The maximum atomic E-state index is 12.5. The van der Waals surface area contributed by atoms with Crippen LogP contribution in [0.1, 0.15) is 47.0 Å². The van der Waals surface area contributed by atoms with Crippen LogP contribution in [0.5, 0.6) is 0 Å². The Labute approximate surface area is 153 Å². The van der Waals surface area contributed by atoms with Gasteiger partial charge in [0.2, 0.25) is 0 Å². The lowest BCUT2D eigenvalue weighted by atomic mass is 9.76. The third-order valence-electron chi connectivity index (χ3n) is 5.32. The van der Waals surface area contributed by atoms with Gasteiger partial charge >= 0.3 is 11.9 Å². The number of carbonyl (C=O) groups is 3. The molecule has 6 atom stereocenters. The molecule has 1 aliphatic heterocycles. The standard InChI is InChI=1S/C19H28O7/c1-9(2)17(22)26-16-15-12(11(4)18(23)25-15)14(21)13(20)10(3)7-6-8-19(16,5)24/h9-10,12,14-16,21,24H,4,6-8H2,1-3,5H3/t10-,12-,14-,15+,16-,19+/m0/s1. The highest BCUT2D eigenvalue weighted by Gasteiger charge is 2.55. The van der Waals surface area contributed by atoms with Gasteiger partial charge in [-0.2, -0.15) is 0 Å². The smallest absolute Gasteiger partial charge is 0.334 e. The van der Waals surface area contributed by atoms with E-state index in [-0.39, 0.29) is 12.0 Å². The van der Waals surface area contributed by atoms with Gasteiger partial charge < -0.3 is 19.7 Å². The number of aliphatic hydroxyl groups excluding tert-OH is 1. The van der Waals surface area contributed by atoms with Crippen molar-refractivity contribution in [2.45, 2.75) is 70.9 Å². The molecule has 0 aromatic heterocycles. The highest BCUT2D eigenvalue weighted by Crippen LogP contribution is 2.40. The first-order valence-electron chi connectivity index (χ1n) is 9.01. The summed E-state index contributed by atoms with van der Waals surface area (Å²) in [6.45, 7) is 10.2. The van der Waals surface area contributed by atoms with Gasteiger partial charge in [-0.25, -0.2) is 4.79 Å². The zero-order valence-corrected chi connectivity index (χ0v) is 15.7. The Kier molecular flexibility index (Phi) is 5.92. The summed E-state index contributed by atoms with van der Waals surface area (Å²) in [6, 6.07) is 0. The van der Waals surface area contributed by atoms with E-state index in [2.05, 4.69) is 6.58 Å². The number of ketones is 1. The monoisotopic (exact) mass is 368 g/mol. The molecule has 7 heteroatoms. The topological polar surface area (TPSA) is 110 Å². The zero-order chi connectivity index (χ0) is 19.8. The van der Waals surface area contributed by atoms with E-state index in [1.807, 2.05) is 0 Å². The van der Waals surface area contributed by atoms with Gasteiger partial charge in [-0.05, 0) is 26.2 Å². The number of ether oxygens (including phenoxy) is 2. The molecule has 1 aliphatic carbocycles. The lowest BCUT2D eigenvalue weighted by Crippen LogP contribution is -2.55. The molecule has 26 heavy (non-hydrogen) atoms. The van der Waals surface area contributed by atoms with E-state index >= 15 is 0 Å². The summed E-state index contributed by atoms with van der Waals surface area (Å²) in [5.41, 5.74) is -1.54. The van der Waals surface area contributed by atoms with Crippen LogP contribution in [0.2, 0.25) is 0 Å². The van der Waals surface area contributed by atoms with Crippen LogP contribution in [-0.2, 0) is 23.9 Å². The van der Waals surface area contributed by atoms with Gasteiger partial charge in [-0.1, -0.05) is 27.4 Å². The lowest BCUT2D eigenvalue weighted by Gasteiger charge is -2.39. The van der Waals surface area contributed by atoms with Crippen LogP contribution >= 0.6 is 0 Å². The maximum absolute atomic E-state index is 12.5. The van der Waals surface area contributed by atoms with Crippen LogP contribution in [0, 0.1) is 17.8 Å². The average Bonchev–Trinajstić information content (AvgIpc) is 2.84. The molecule has 0 bridgehead atoms. The van der Waals surface area contributed by atoms with E-state index < -0.39 is 59.4 Å². The number of carbonyl (C=O) groups excluding carboxylic acids is 3. The number of Topliss-reactive ketones (excluding diaryl/α,β-unsaturated/α-hetero) is 1. The fraction of sp³-hybridized carbons (Fsp3) is 0.737. The van der Waals surface area contributed by atoms with Gasteiger partial charge in [0.1, 0.15) is 11.7 Å². The van der Waals surface area contributed by atoms with E-state index in [9.17, 15) is 24.6 Å². The molecule has 0 aromatic carbocycles. The van der Waals surface area contributed by atoms with E-state index in [4.69, 9.17) is 9.47 Å². The second-order valence-corrected chi connectivity index (χ2v) is 7.93. The summed E-state index contributed by atoms with van der Waals surface area (Å²) in [5, 5.41) is 21.6. The largest absolute Gasteiger partial charge is 0.455 e. The molecule has 2 aliphatic rings. The molecule has 0 aromatic rings. The Morgan fingerprint density at radius 1 is 1.38 bits per heavy atom. The first-order valence-corrected chi connectivity index (χ1v) is 9.01. The Balaban J connectivity index is 2.48. The summed E-state index contributed by atoms with van der Waals surface area (Å²) < 4.78 is 10.8. The van der Waals surface area contributed by atoms with Crippen LogP contribution in [0.4, 0.5) is 0 Å². The number of rotatable bonds is 2. The lowest BCUT2D eigenvalue weighted by molar-refractivity contribution is -0.193. The van der Waals surface area contributed by atoms with E-state index in [1.54, 1.807) is 20.8 Å². The predicted octanol–water partition coefficient (Wildman–Crippen LogP) is 1.15. The maximum Gasteiger partial charge on any atom is 0.334 e. The van der Waals surface area contributed by atoms with Crippen molar-refractivity contribution in [3.05, 3.63) is 12.2 Å². The summed E-state index contributed by atoms with van der Waals surface area (Å²) in [4.78, 5) is 36.8. The Morgan fingerprint density at radius 2 is 2.00 bits per heavy atom. The van der Waals surface area contributed by atoms with Crippen molar-refractivity contribution in [2.24, 2.45) is 17.8 Å². The van der Waals surface area contributed by atoms with Crippen molar-refractivity contribution in [2.75, 3.05) is 0 Å². The Bertz CT molecular complexity index is 607. The van der Waals surface area contributed by atoms with E-state index in [0.717, 1.165) is 0 Å². The molecule has 2 fully saturated rings. The molecule has 0 spiro atoms. The Hall–Kier alpha value is -1.73. The third kappa shape index (κ3) is 3.83. The molecule has 7 nitrogen and oxygen atoms in total. The van der Waals surface area contributed by atoms with Gasteiger partial charge in [0.15, 0.2) is 18.0 Å². The van der Waals surface area contributed by atoms with Crippen molar-refractivity contribution in [3.8, 4) is 0 Å². The van der Waals surface area contributed by atoms with Crippen LogP contribution in [0.15, 0.2) is 12.2 Å². The summed E-state index contributed by atoms with van der Waals surface area (Å²) in [5.74, 6) is -3.68. The van der Waals surface area contributed by atoms with Crippen LogP contribution in [-0.4, -0.2) is 51.8 Å². The van der Waals surface area contributed by atoms with Gasteiger partial charge in [0.25, 0.3) is 0 Å². The summed E-state index contributed by atoms with van der Waals surface area (Å²) >= 11 is 0. The molecule has 2 N–H and O–H groups in total. The molecular weight excluding hydrogens is 340 g/mol. The molecule has 2 rings (SSSR count). The predicted molar refractivity (Wildman–Crippen MR) is 91.9 cm³/mol. The van der Waals surface area contributed by atoms with Crippen molar-refractivity contribution in [1.29, 1.82) is 0 Å². The summed E-state index contributed by atoms with van der Waals surface area (Å²) in [6.07, 6.45) is -2.67. The zero-order valence-electron chi connectivity index (χ0n) is 15.7. The molecule has 0 radical (unpaired) electrons. The number of aliphatic hydroxyl groups is 2. The first-order chi connectivity index (χ1) is 12.0. The van der Waals surface area contributed by atoms with Crippen molar-refractivity contribution in [3.63, 3.8) is 0 Å². The number of esters is 2. The number of hydrogen-bond acceptors (Lipinski definition) is 7. The average molecular weight is 368 g/mol. The van der Waals surface area contributed by atoms with Gasteiger partial charge in [0.05, 0.1) is 11.8 Å². The quantitative estimate of drug-likeness (QED) is 0.556. The van der Waals surface area contributed by atoms with Crippen LogP contribution < -0.4 is 0 Å². The third-order valence-corrected chi connectivity index (χ3v) is 5.32.